The van der Waals surface area contributed by atoms with Crippen molar-refractivity contribution < 1.29 is 9.59 Å². The summed E-state index contributed by atoms with van der Waals surface area (Å²) in [6.45, 7) is 7.74. The summed E-state index contributed by atoms with van der Waals surface area (Å²) >= 11 is 12.0. The number of likely N-dealkylation sites (N-methyl/N-ethyl adjacent to an activating group) is 1. The van der Waals surface area contributed by atoms with Crippen LogP contribution in [0.4, 0.5) is 11.4 Å². The Kier molecular flexibility index (Phi) is 7.47. The number of carbonyl (C=O) groups excluding carboxylic acids is 2. The van der Waals surface area contributed by atoms with Gasteiger partial charge >= 0.3 is 0 Å². The molecular weight excluding hydrogens is 397 g/mol. The maximum absolute atomic E-state index is 12.5. The van der Waals surface area contributed by atoms with E-state index in [-0.39, 0.29) is 18.4 Å². The summed E-state index contributed by atoms with van der Waals surface area (Å²) in [6, 6.07) is 8.36. The molecule has 0 saturated heterocycles. The third kappa shape index (κ3) is 5.71. The van der Waals surface area contributed by atoms with Gasteiger partial charge in [-0.2, -0.15) is 0 Å². The molecule has 2 amide bonds. The van der Waals surface area contributed by atoms with Crippen molar-refractivity contribution in [3.05, 3.63) is 57.1 Å². The minimum Gasteiger partial charge on any atom is -0.324 e. The highest BCUT2D eigenvalue weighted by Gasteiger charge is 2.21. The molecule has 2 aromatic carbocycles. The molecule has 0 spiro atoms. The number of nitrogens with one attached hydrogen (secondary N) is 2. The number of amides is 2. The van der Waals surface area contributed by atoms with Gasteiger partial charge in [0.1, 0.15) is 0 Å². The Balaban J connectivity index is 1.99. The van der Waals surface area contributed by atoms with Gasteiger partial charge in [-0.15, -0.1) is 0 Å². The molecule has 0 bridgehead atoms. The van der Waals surface area contributed by atoms with Crippen molar-refractivity contribution in [1.82, 2.24) is 4.90 Å². The second kappa shape index (κ2) is 9.41. The summed E-state index contributed by atoms with van der Waals surface area (Å²) in [7, 11) is 1.72. The summed E-state index contributed by atoms with van der Waals surface area (Å²) in [5, 5.41) is 6.57. The van der Waals surface area contributed by atoms with Crippen molar-refractivity contribution in [3.8, 4) is 0 Å². The third-order valence-corrected chi connectivity index (χ3v) is 5.13. The number of halogens is 2. The topological polar surface area (TPSA) is 61.4 Å². The fourth-order valence-electron chi connectivity index (χ4n) is 2.95. The molecule has 0 unspecified atom stereocenters. The second-order valence-corrected chi connectivity index (χ2v) is 7.87. The maximum Gasteiger partial charge on any atom is 0.241 e. The number of aryl methyl sites for hydroxylation is 3. The van der Waals surface area contributed by atoms with Crippen LogP contribution in [0.15, 0.2) is 30.3 Å². The van der Waals surface area contributed by atoms with E-state index >= 15 is 0 Å². The fourth-order valence-corrected chi connectivity index (χ4v) is 3.29. The summed E-state index contributed by atoms with van der Waals surface area (Å²) < 4.78 is 0. The lowest BCUT2D eigenvalue weighted by Crippen LogP contribution is -2.43. The van der Waals surface area contributed by atoms with E-state index in [0.717, 1.165) is 22.4 Å². The predicted molar refractivity (Wildman–Crippen MR) is 116 cm³/mol. The van der Waals surface area contributed by atoms with Crippen LogP contribution in [0, 0.1) is 20.8 Å². The van der Waals surface area contributed by atoms with Gasteiger partial charge in [0, 0.05) is 10.7 Å². The minimum absolute atomic E-state index is 0.0740. The molecule has 0 heterocycles. The van der Waals surface area contributed by atoms with Gasteiger partial charge in [0.15, 0.2) is 0 Å². The zero-order valence-electron chi connectivity index (χ0n) is 16.7. The van der Waals surface area contributed by atoms with Crippen LogP contribution in [0.2, 0.25) is 10.0 Å². The van der Waals surface area contributed by atoms with Crippen LogP contribution in [0.5, 0.6) is 0 Å². The normalized spacial score (nSPS) is 12.0. The highest BCUT2D eigenvalue weighted by molar-refractivity contribution is 6.35. The van der Waals surface area contributed by atoms with Gasteiger partial charge < -0.3 is 10.6 Å². The molecule has 0 saturated carbocycles. The van der Waals surface area contributed by atoms with E-state index in [1.54, 1.807) is 37.1 Å². The number of hydrogen-bond donors (Lipinski definition) is 2. The Morgan fingerprint density at radius 2 is 1.64 bits per heavy atom. The maximum atomic E-state index is 12.5. The van der Waals surface area contributed by atoms with Crippen LogP contribution in [0.25, 0.3) is 0 Å². The number of hydrogen-bond acceptors (Lipinski definition) is 3. The first kappa shape index (κ1) is 22.2. The van der Waals surface area contributed by atoms with Crippen LogP contribution < -0.4 is 10.6 Å². The van der Waals surface area contributed by atoms with E-state index in [1.807, 2.05) is 32.9 Å². The van der Waals surface area contributed by atoms with Crippen LogP contribution in [0.1, 0.15) is 23.6 Å². The number of rotatable bonds is 6. The zero-order chi connectivity index (χ0) is 21.0. The van der Waals surface area contributed by atoms with E-state index in [1.165, 1.54) is 0 Å². The molecule has 2 rings (SSSR count). The lowest BCUT2D eigenvalue weighted by molar-refractivity contribution is -0.122. The zero-order valence-corrected chi connectivity index (χ0v) is 18.2. The summed E-state index contributed by atoms with van der Waals surface area (Å²) in [5.41, 5.74) is 4.42. The Bertz CT molecular complexity index is 876. The van der Waals surface area contributed by atoms with Crippen molar-refractivity contribution >= 4 is 46.4 Å². The lowest BCUT2D eigenvalue weighted by Gasteiger charge is -2.24. The number of anilines is 2. The molecule has 28 heavy (non-hydrogen) atoms. The summed E-state index contributed by atoms with van der Waals surface area (Å²) in [5.74, 6) is -0.458. The molecule has 7 heteroatoms. The Hall–Kier alpha value is -2.08. The van der Waals surface area contributed by atoms with E-state index in [0.29, 0.717) is 15.7 Å². The number of nitrogens with zero attached hydrogens (tertiary/aromatic N) is 1. The van der Waals surface area contributed by atoms with E-state index in [2.05, 4.69) is 10.6 Å². The van der Waals surface area contributed by atoms with Crippen LogP contribution in [0.3, 0.4) is 0 Å². The number of carbonyl (C=O) groups is 2. The van der Waals surface area contributed by atoms with E-state index in [9.17, 15) is 9.59 Å². The van der Waals surface area contributed by atoms with Crippen molar-refractivity contribution in [2.24, 2.45) is 0 Å². The van der Waals surface area contributed by atoms with E-state index < -0.39 is 6.04 Å². The Morgan fingerprint density at radius 3 is 2.25 bits per heavy atom. The van der Waals surface area contributed by atoms with Crippen LogP contribution in [-0.4, -0.2) is 36.3 Å². The largest absolute Gasteiger partial charge is 0.324 e. The van der Waals surface area contributed by atoms with Crippen molar-refractivity contribution in [3.63, 3.8) is 0 Å². The minimum atomic E-state index is -0.541. The second-order valence-electron chi connectivity index (χ2n) is 7.03. The standard InChI is InChI=1S/C21H25Cl2N3O2/c1-12-8-13(2)20(14(3)9-12)25-19(27)11-26(5)15(4)21(28)24-18-10-16(22)6-7-17(18)23/h6-10,15H,11H2,1-5H3,(H,24,28)(H,25,27)/t15-/m1/s1. The SMILES string of the molecule is Cc1cc(C)c(NC(=O)CN(C)[C@H](C)C(=O)Nc2cc(Cl)ccc2Cl)c(C)c1. The lowest BCUT2D eigenvalue weighted by atomic mass is 10.1. The first-order valence-electron chi connectivity index (χ1n) is 8.92. The smallest absolute Gasteiger partial charge is 0.241 e. The Morgan fingerprint density at radius 1 is 1.04 bits per heavy atom. The van der Waals surface area contributed by atoms with Crippen molar-refractivity contribution in [2.75, 3.05) is 24.2 Å². The van der Waals surface area contributed by atoms with Crippen LogP contribution in [-0.2, 0) is 9.59 Å². The van der Waals surface area contributed by atoms with Gasteiger partial charge in [-0.05, 0) is 64.1 Å². The fraction of sp³-hybridized carbons (Fsp3) is 0.333. The first-order chi connectivity index (χ1) is 13.1. The van der Waals surface area contributed by atoms with Gasteiger partial charge in [0.2, 0.25) is 11.8 Å². The molecule has 2 aromatic rings. The van der Waals surface area contributed by atoms with Gasteiger partial charge in [0.25, 0.3) is 0 Å². The van der Waals surface area contributed by atoms with Crippen molar-refractivity contribution in [1.29, 1.82) is 0 Å². The molecular formula is C21H25Cl2N3O2. The van der Waals surface area contributed by atoms with E-state index in [4.69, 9.17) is 23.2 Å². The van der Waals surface area contributed by atoms with Gasteiger partial charge in [0.05, 0.1) is 23.3 Å². The highest BCUT2D eigenvalue weighted by Crippen LogP contribution is 2.26. The van der Waals surface area contributed by atoms with Gasteiger partial charge in [-0.25, -0.2) is 0 Å². The summed E-state index contributed by atoms with van der Waals surface area (Å²) in [6.07, 6.45) is 0. The van der Waals surface area contributed by atoms with Crippen LogP contribution >= 0.6 is 23.2 Å². The molecule has 0 aliphatic rings. The quantitative estimate of drug-likeness (QED) is 0.702. The first-order valence-corrected chi connectivity index (χ1v) is 9.68. The molecule has 0 aliphatic heterocycles. The molecule has 1 atom stereocenters. The van der Waals surface area contributed by atoms with Gasteiger partial charge in [-0.1, -0.05) is 40.9 Å². The molecule has 0 radical (unpaired) electrons. The average molecular weight is 422 g/mol. The molecule has 0 aromatic heterocycles. The molecule has 5 nitrogen and oxygen atoms in total. The molecule has 150 valence electrons. The molecule has 0 fully saturated rings. The summed E-state index contributed by atoms with van der Waals surface area (Å²) in [4.78, 5) is 26.7. The monoisotopic (exact) mass is 421 g/mol. The number of benzene rings is 2. The highest BCUT2D eigenvalue weighted by atomic mass is 35.5. The molecule has 0 aliphatic carbocycles. The predicted octanol–water partition coefficient (Wildman–Crippen LogP) is 4.82. The van der Waals surface area contributed by atoms with Gasteiger partial charge in [-0.3, -0.25) is 14.5 Å². The average Bonchev–Trinajstić information content (AvgIpc) is 2.60. The third-order valence-electron chi connectivity index (χ3n) is 4.56. The Labute approximate surface area is 176 Å². The molecule has 2 N–H and O–H groups in total. The van der Waals surface area contributed by atoms with Crippen molar-refractivity contribution in [2.45, 2.75) is 33.7 Å².